The van der Waals surface area contributed by atoms with Gasteiger partial charge in [0.1, 0.15) is 17.3 Å². The molecule has 1 aliphatic rings. The molecule has 0 bridgehead atoms. The predicted molar refractivity (Wildman–Crippen MR) is 116 cm³/mol. The van der Waals surface area contributed by atoms with Gasteiger partial charge in [-0.2, -0.15) is 0 Å². The summed E-state index contributed by atoms with van der Waals surface area (Å²) >= 11 is 5.88. The number of carbonyl (C=O) groups is 2. The van der Waals surface area contributed by atoms with Gasteiger partial charge in [-0.25, -0.2) is 14.2 Å². The molecule has 6 nitrogen and oxygen atoms in total. The van der Waals surface area contributed by atoms with E-state index >= 15 is 0 Å². The molecule has 160 valence electrons. The number of ether oxygens (including phenoxy) is 2. The smallest absolute Gasteiger partial charge is 0.363 e. The second-order valence-electron chi connectivity index (χ2n) is 6.84. The molecule has 1 heterocycles. The van der Waals surface area contributed by atoms with Crippen LogP contribution in [0.2, 0.25) is 5.02 Å². The molecule has 32 heavy (non-hydrogen) atoms. The molecule has 0 atom stereocenters. The predicted octanol–water partition coefficient (Wildman–Crippen LogP) is 5.24. The van der Waals surface area contributed by atoms with Gasteiger partial charge in [-0.3, -0.25) is 4.79 Å². The number of nitrogens with zero attached hydrogens (tertiary/aromatic N) is 1. The number of carbonyl (C=O) groups excluding carboxylic acids is 1. The van der Waals surface area contributed by atoms with Crippen LogP contribution in [0.1, 0.15) is 16.7 Å². The van der Waals surface area contributed by atoms with Gasteiger partial charge in [0, 0.05) is 10.6 Å². The highest BCUT2D eigenvalue weighted by Crippen LogP contribution is 2.26. The van der Waals surface area contributed by atoms with Crippen LogP contribution in [0.3, 0.4) is 0 Å². The van der Waals surface area contributed by atoms with Crippen molar-refractivity contribution in [3.63, 3.8) is 0 Å². The minimum atomic E-state index is -1.14. The van der Waals surface area contributed by atoms with Crippen molar-refractivity contribution < 1.29 is 28.6 Å². The van der Waals surface area contributed by atoms with Crippen molar-refractivity contribution in [3.05, 3.63) is 100.0 Å². The largest absolute Gasteiger partial charge is 0.481 e. The van der Waals surface area contributed by atoms with Gasteiger partial charge >= 0.3 is 11.9 Å². The summed E-state index contributed by atoms with van der Waals surface area (Å²) in [7, 11) is 0. The Morgan fingerprint density at radius 3 is 2.59 bits per heavy atom. The molecule has 3 aromatic carbocycles. The fraction of sp³-hybridized carbons (Fsp3) is 0.0417. The summed E-state index contributed by atoms with van der Waals surface area (Å²) in [6.45, 7) is 0. The number of hydrogen-bond acceptors (Lipinski definition) is 5. The summed E-state index contributed by atoms with van der Waals surface area (Å²) in [5.41, 5.74) is 0.947. The van der Waals surface area contributed by atoms with E-state index in [1.807, 2.05) is 0 Å². The Balaban J connectivity index is 1.55. The topological polar surface area (TPSA) is 85.2 Å². The van der Waals surface area contributed by atoms with Crippen LogP contribution in [0.25, 0.3) is 6.08 Å². The maximum Gasteiger partial charge on any atom is 0.363 e. The second kappa shape index (κ2) is 9.03. The third kappa shape index (κ3) is 5.01. The van der Waals surface area contributed by atoms with Gasteiger partial charge in [-0.15, -0.1) is 0 Å². The molecule has 8 heteroatoms. The molecule has 0 radical (unpaired) electrons. The molecule has 0 fully saturated rings. The lowest BCUT2D eigenvalue weighted by Crippen LogP contribution is -2.08. The second-order valence-corrected chi connectivity index (χ2v) is 7.28. The monoisotopic (exact) mass is 451 g/mol. The molecule has 0 saturated heterocycles. The zero-order chi connectivity index (χ0) is 22.7. The Bertz CT molecular complexity index is 1270. The molecule has 0 aromatic heterocycles. The van der Waals surface area contributed by atoms with Gasteiger partial charge in [0.05, 0.1) is 6.42 Å². The van der Waals surface area contributed by atoms with E-state index in [2.05, 4.69) is 4.99 Å². The maximum absolute atomic E-state index is 14.2. The van der Waals surface area contributed by atoms with Gasteiger partial charge in [-0.1, -0.05) is 29.8 Å². The average molecular weight is 452 g/mol. The molecule has 4 rings (SSSR count). The summed E-state index contributed by atoms with van der Waals surface area (Å²) in [5, 5.41) is 9.41. The summed E-state index contributed by atoms with van der Waals surface area (Å²) in [5.74, 6) is -1.45. The van der Waals surface area contributed by atoms with E-state index in [-0.39, 0.29) is 22.7 Å². The first kappa shape index (κ1) is 21.3. The molecule has 0 unspecified atom stereocenters. The first-order chi connectivity index (χ1) is 15.4. The SMILES string of the molecule is O=C(O)Cc1ccc(C2=NC(=Cc3cccc(Oc4ccc(Cl)cc4)c3)C(=O)O2)cc1F. The van der Waals surface area contributed by atoms with Crippen LogP contribution < -0.4 is 4.74 Å². The van der Waals surface area contributed by atoms with E-state index in [0.29, 0.717) is 22.1 Å². The third-order valence-corrected chi connectivity index (χ3v) is 4.72. The maximum atomic E-state index is 14.2. The Morgan fingerprint density at radius 2 is 1.88 bits per heavy atom. The normalized spacial score (nSPS) is 14.2. The van der Waals surface area contributed by atoms with E-state index in [9.17, 15) is 14.0 Å². The molecule has 1 N–H and O–H groups in total. The van der Waals surface area contributed by atoms with Gasteiger partial charge in [0.2, 0.25) is 5.90 Å². The van der Waals surface area contributed by atoms with Crippen LogP contribution in [-0.2, 0) is 20.7 Å². The number of carboxylic acid groups (broad SMARTS) is 1. The molecule has 0 amide bonds. The van der Waals surface area contributed by atoms with Crippen LogP contribution in [0.4, 0.5) is 4.39 Å². The van der Waals surface area contributed by atoms with E-state index in [4.69, 9.17) is 26.2 Å². The number of aliphatic imine (C=N–C) groups is 1. The minimum Gasteiger partial charge on any atom is -0.481 e. The van der Waals surface area contributed by atoms with E-state index in [0.717, 1.165) is 6.07 Å². The van der Waals surface area contributed by atoms with Crippen LogP contribution in [-0.4, -0.2) is 22.9 Å². The van der Waals surface area contributed by atoms with Gasteiger partial charge in [0.15, 0.2) is 5.70 Å². The number of rotatable bonds is 6. The Labute approximate surface area is 187 Å². The molecule has 1 aliphatic heterocycles. The van der Waals surface area contributed by atoms with Crippen LogP contribution in [0, 0.1) is 5.82 Å². The van der Waals surface area contributed by atoms with Gasteiger partial charge in [-0.05, 0) is 65.7 Å². The highest BCUT2D eigenvalue weighted by molar-refractivity contribution is 6.30. The quantitative estimate of drug-likeness (QED) is 0.409. The molecule has 0 aliphatic carbocycles. The van der Waals surface area contributed by atoms with E-state index in [1.54, 1.807) is 48.5 Å². The molecule has 0 spiro atoms. The van der Waals surface area contributed by atoms with E-state index < -0.39 is 24.2 Å². The average Bonchev–Trinajstić information content (AvgIpc) is 3.11. The zero-order valence-corrected chi connectivity index (χ0v) is 17.2. The van der Waals surface area contributed by atoms with E-state index in [1.165, 1.54) is 18.2 Å². The van der Waals surface area contributed by atoms with Crippen molar-refractivity contribution in [2.45, 2.75) is 6.42 Å². The lowest BCUT2D eigenvalue weighted by Gasteiger charge is -2.06. The summed E-state index contributed by atoms with van der Waals surface area (Å²) in [6, 6.07) is 17.8. The van der Waals surface area contributed by atoms with Crippen molar-refractivity contribution >= 4 is 35.5 Å². The number of esters is 1. The zero-order valence-electron chi connectivity index (χ0n) is 16.4. The fourth-order valence-corrected chi connectivity index (χ4v) is 3.11. The van der Waals surface area contributed by atoms with Crippen molar-refractivity contribution in [1.82, 2.24) is 0 Å². The number of carboxylic acids is 1. The van der Waals surface area contributed by atoms with Crippen molar-refractivity contribution in [1.29, 1.82) is 0 Å². The number of hydrogen-bond donors (Lipinski definition) is 1. The minimum absolute atomic E-state index is 0.0273. The van der Waals surface area contributed by atoms with Gasteiger partial charge in [0.25, 0.3) is 0 Å². The fourth-order valence-electron chi connectivity index (χ4n) is 2.98. The molecular weight excluding hydrogens is 437 g/mol. The van der Waals surface area contributed by atoms with Crippen molar-refractivity contribution in [3.8, 4) is 11.5 Å². The Hall–Kier alpha value is -3.97. The first-order valence-electron chi connectivity index (χ1n) is 9.44. The number of cyclic esters (lactones) is 1. The first-order valence-corrected chi connectivity index (χ1v) is 9.82. The number of aliphatic carboxylic acids is 1. The highest BCUT2D eigenvalue weighted by atomic mass is 35.5. The third-order valence-electron chi connectivity index (χ3n) is 4.47. The standard InChI is InChI=1S/C24H15ClFNO5/c25-17-6-8-18(9-7-17)31-19-3-1-2-14(10-19)11-21-24(30)32-23(27-21)16-5-4-15(13-22(28)29)20(26)12-16/h1-12H,13H2,(H,28,29). The van der Waals surface area contributed by atoms with Crippen LogP contribution in [0.15, 0.2) is 77.4 Å². The molecule has 0 saturated carbocycles. The van der Waals surface area contributed by atoms with Crippen molar-refractivity contribution in [2.75, 3.05) is 0 Å². The summed E-state index contributed by atoms with van der Waals surface area (Å²) in [4.78, 5) is 27.2. The Morgan fingerprint density at radius 1 is 1.09 bits per heavy atom. The Kier molecular flexibility index (Phi) is 6.00. The number of halogens is 2. The molecule has 3 aromatic rings. The lowest BCUT2D eigenvalue weighted by atomic mass is 10.1. The summed E-state index contributed by atoms with van der Waals surface area (Å²) in [6.07, 6.45) is 1.08. The van der Waals surface area contributed by atoms with Crippen LogP contribution >= 0.6 is 11.6 Å². The van der Waals surface area contributed by atoms with Crippen molar-refractivity contribution in [2.24, 2.45) is 4.99 Å². The highest BCUT2D eigenvalue weighted by Gasteiger charge is 2.25. The lowest BCUT2D eigenvalue weighted by molar-refractivity contribution is -0.136. The van der Waals surface area contributed by atoms with Gasteiger partial charge < -0.3 is 14.6 Å². The molecular formula is C24H15ClFNO5. The number of benzene rings is 3. The van der Waals surface area contributed by atoms with Crippen LogP contribution in [0.5, 0.6) is 11.5 Å². The summed E-state index contributed by atoms with van der Waals surface area (Å²) < 4.78 is 25.1.